The van der Waals surface area contributed by atoms with Crippen molar-refractivity contribution in [3.63, 3.8) is 0 Å². The Balaban J connectivity index is 2.62. The fraction of sp³-hybridized carbons (Fsp3) is 0.500. The lowest BCUT2D eigenvalue weighted by atomic mass is 10.1. The first-order valence-corrected chi connectivity index (χ1v) is 3.21. The van der Waals surface area contributed by atoms with Crippen molar-refractivity contribution >= 4 is 0 Å². The highest BCUT2D eigenvalue weighted by molar-refractivity contribution is 5.33. The van der Waals surface area contributed by atoms with Crippen LogP contribution in [0.4, 0.5) is 0 Å². The second kappa shape index (κ2) is 2.36. The Morgan fingerprint density at radius 3 is 2.78 bits per heavy atom. The predicted octanol–water partition coefficient (Wildman–Crippen LogP) is 1.50. The smallest absolute Gasteiger partial charge is 0.0497 e. The Hall–Kier alpha value is -0.560. The summed E-state index contributed by atoms with van der Waals surface area (Å²) in [5.41, 5.74) is 2.42. The van der Waals surface area contributed by atoms with E-state index in [-0.39, 0.29) is 6.61 Å². The van der Waals surface area contributed by atoms with Crippen LogP contribution in [-0.4, -0.2) is 11.7 Å². The van der Waals surface area contributed by atoms with Crippen LogP contribution in [-0.2, 0) is 0 Å². The molecule has 0 saturated carbocycles. The van der Waals surface area contributed by atoms with Crippen LogP contribution in [0.1, 0.15) is 13.3 Å². The van der Waals surface area contributed by atoms with Crippen molar-refractivity contribution in [2.75, 3.05) is 6.61 Å². The lowest BCUT2D eigenvalue weighted by Gasteiger charge is -1.98. The van der Waals surface area contributed by atoms with Crippen LogP contribution < -0.4 is 0 Å². The number of aliphatic hydroxyl groups excluding tert-OH is 1. The van der Waals surface area contributed by atoms with Crippen LogP contribution in [0.3, 0.4) is 0 Å². The predicted molar refractivity (Wildman–Crippen MR) is 38.1 cm³/mol. The summed E-state index contributed by atoms with van der Waals surface area (Å²) in [6.45, 7) is 6.15. The second-order valence-corrected chi connectivity index (χ2v) is 2.60. The maximum absolute atomic E-state index is 8.72. The van der Waals surface area contributed by atoms with E-state index >= 15 is 0 Å². The lowest BCUT2D eigenvalue weighted by Crippen LogP contribution is -1.96. The molecule has 0 radical (unpaired) electrons. The molecule has 1 aliphatic carbocycles. The fourth-order valence-electron chi connectivity index (χ4n) is 1.13. The number of rotatable bonds is 1. The molecule has 0 aliphatic heterocycles. The SMILES string of the molecule is C=C1CC(CO)C=C1C. The molecule has 0 aromatic rings. The van der Waals surface area contributed by atoms with E-state index in [4.69, 9.17) is 5.11 Å². The third kappa shape index (κ3) is 1.22. The van der Waals surface area contributed by atoms with Crippen LogP contribution in [0.25, 0.3) is 0 Å². The number of hydrogen-bond acceptors (Lipinski definition) is 1. The van der Waals surface area contributed by atoms with Crippen LogP contribution >= 0.6 is 0 Å². The molecule has 0 amide bonds. The van der Waals surface area contributed by atoms with Crippen molar-refractivity contribution in [2.24, 2.45) is 5.92 Å². The average molecular weight is 124 g/mol. The van der Waals surface area contributed by atoms with Crippen LogP contribution in [0.15, 0.2) is 23.8 Å². The first-order chi connectivity index (χ1) is 4.24. The molecule has 0 aromatic heterocycles. The molecule has 0 spiro atoms. The van der Waals surface area contributed by atoms with Gasteiger partial charge in [0, 0.05) is 12.5 Å². The molecule has 9 heavy (non-hydrogen) atoms. The zero-order valence-corrected chi connectivity index (χ0v) is 5.72. The van der Waals surface area contributed by atoms with E-state index in [1.807, 2.05) is 6.92 Å². The molecule has 1 aliphatic rings. The molecule has 0 bridgehead atoms. The minimum atomic E-state index is 0.260. The highest BCUT2D eigenvalue weighted by Crippen LogP contribution is 2.26. The van der Waals surface area contributed by atoms with E-state index in [2.05, 4.69) is 12.7 Å². The van der Waals surface area contributed by atoms with Crippen LogP contribution in [0, 0.1) is 5.92 Å². The van der Waals surface area contributed by atoms with Gasteiger partial charge in [-0.2, -0.15) is 0 Å². The van der Waals surface area contributed by atoms with Crippen molar-refractivity contribution in [3.05, 3.63) is 23.8 Å². The first-order valence-electron chi connectivity index (χ1n) is 3.21. The Morgan fingerprint density at radius 2 is 2.56 bits per heavy atom. The molecule has 50 valence electrons. The average Bonchev–Trinajstić information content (AvgIpc) is 2.13. The van der Waals surface area contributed by atoms with E-state index in [1.54, 1.807) is 0 Å². The van der Waals surface area contributed by atoms with E-state index < -0.39 is 0 Å². The van der Waals surface area contributed by atoms with Gasteiger partial charge in [0.25, 0.3) is 0 Å². The summed E-state index contributed by atoms with van der Waals surface area (Å²) in [4.78, 5) is 0. The van der Waals surface area contributed by atoms with Gasteiger partial charge in [0.15, 0.2) is 0 Å². The van der Waals surface area contributed by atoms with Gasteiger partial charge in [0.05, 0.1) is 0 Å². The molecule has 0 saturated heterocycles. The molecular weight excluding hydrogens is 112 g/mol. The van der Waals surface area contributed by atoms with Crippen molar-refractivity contribution in [2.45, 2.75) is 13.3 Å². The highest BCUT2D eigenvalue weighted by atomic mass is 16.3. The van der Waals surface area contributed by atoms with E-state index in [1.165, 1.54) is 11.1 Å². The Morgan fingerprint density at radius 1 is 1.89 bits per heavy atom. The summed E-state index contributed by atoms with van der Waals surface area (Å²) >= 11 is 0. The third-order valence-electron chi connectivity index (χ3n) is 1.79. The van der Waals surface area contributed by atoms with Gasteiger partial charge in [0.1, 0.15) is 0 Å². The van der Waals surface area contributed by atoms with E-state index in [9.17, 15) is 0 Å². The minimum absolute atomic E-state index is 0.260. The van der Waals surface area contributed by atoms with Crippen molar-refractivity contribution in [1.82, 2.24) is 0 Å². The van der Waals surface area contributed by atoms with Gasteiger partial charge < -0.3 is 5.11 Å². The van der Waals surface area contributed by atoms with Crippen molar-refractivity contribution in [1.29, 1.82) is 0 Å². The number of aliphatic hydroxyl groups is 1. The summed E-state index contributed by atoms with van der Waals surface area (Å²) in [6.07, 6.45) is 3.03. The van der Waals surface area contributed by atoms with Gasteiger partial charge in [-0.15, -0.1) is 0 Å². The van der Waals surface area contributed by atoms with Gasteiger partial charge in [-0.25, -0.2) is 0 Å². The Labute approximate surface area is 55.7 Å². The molecular formula is C8H12O. The van der Waals surface area contributed by atoms with Crippen molar-refractivity contribution < 1.29 is 5.11 Å². The monoisotopic (exact) mass is 124 g/mol. The Kier molecular flexibility index (Phi) is 1.72. The largest absolute Gasteiger partial charge is 0.396 e. The summed E-state index contributed by atoms with van der Waals surface area (Å²) in [6, 6.07) is 0. The summed E-state index contributed by atoms with van der Waals surface area (Å²) in [5, 5.41) is 8.72. The Bertz CT molecular complexity index is 156. The zero-order chi connectivity index (χ0) is 6.85. The standard InChI is InChI=1S/C8H12O/c1-6-3-8(5-9)4-7(6)2/h4,8-9H,1,3,5H2,2H3. The summed E-state index contributed by atoms with van der Waals surface area (Å²) in [7, 11) is 0. The summed E-state index contributed by atoms with van der Waals surface area (Å²) in [5.74, 6) is 0.345. The minimum Gasteiger partial charge on any atom is -0.396 e. The maximum atomic E-state index is 8.72. The molecule has 0 aromatic carbocycles. The second-order valence-electron chi connectivity index (χ2n) is 2.60. The molecule has 0 heterocycles. The normalized spacial score (nSPS) is 26.7. The fourth-order valence-corrected chi connectivity index (χ4v) is 1.13. The molecule has 1 unspecified atom stereocenters. The third-order valence-corrected chi connectivity index (χ3v) is 1.79. The maximum Gasteiger partial charge on any atom is 0.0497 e. The molecule has 0 fully saturated rings. The molecule has 1 nitrogen and oxygen atoms in total. The van der Waals surface area contributed by atoms with E-state index in [0.29, 0.717) is 5.92 Å². The van der Waals surface area contributed by atoms with Gasteiger partial charge in [-0.05, 0) is 13.3 Å². The number of allylic oxidation sites excluding steroid dienone is 2. The topological polar surface area (TPSA) is 20.2 Å². The molecule has 1 heteroatoms. The lowest BCUT2D eigenvalue weighted by molar-refractivity contribution is 0.255. The van der Waals surface area contributed by atoms with Crippen molar-refractivity contribution in [3.8, 4) is 0 Å². The first kappa shape index (κ1) is 6.56. The summed E-state index contributed by atoms with van der Waals surface area (Å²) < 4.78 is 0. The quantitative estimate of drug-likeness (QED) is 0.561. The molecule has 1 N–H and O–H groups in total. The number of hydrogen-bond donors (Lipinski definition) is 1. The highest BCUT2D eigenvalue weighted by Gasteiger charge is 2.14. The van der Waals surface area contributed by atoms with Gasteiger partial charge >= 0.3 is 0 Å². The zero-order valence-electron chi connectivity index (χ0n) is 5.72. The van der Waals surface area contributed by atoms with Crippen LogP contribution in [0.2, 0.25) is 0 Å². The van der Waals surface area contributed by atoms with Gasteiger partial charge in [0.2, 0.25) is 0 Å². The van der Waals surface area contributed by atoms with Gasteiger partial charge in [-0.3, -0.25) is 0 Å². The van der Waals surface area contributed by atoms with Gasteiger partial charge in [-0.1, -0.05) is 23.8 Å². The molecule has 1 atom stereocenters. The van der Waals surface area contributed by atoms with E-state index in [0.717, 1.165) is 6.42 Å². The van der Waals surface area contributed by atoms with Crippen LogP contribution in [0.5, 0.6) is 0 Å². The molecule has 1 rings (SSSR count).